The molecule has 8 atom stereocenters. The van der Waals surface area contributed by atoms with E-state index in [0.29, 0.717) is 24.2 Å². The second-order valence-electron chi connectivity index (χ2n) is 13.6. The van der Waals surface area contributed by atoms with E-state index in [-0.39, 0.29) is 35.5 Å². The lowest BCUT2D eigenvalue weighted by atomic mass is 9.46. The number of amides is 2. The number of nitrogens with one attached hydrogen (secondary N) is 2. The summed E-state index contributed by atoms with van der Waals surface area (Å²) in [7, 11) is 0. The summed E-state index contributed by atoms with van der Waals surface area (Å²) in [4.78, 5) is 41.8. The molecule has 9 nitrogen and oxygen atoms in total. The molecule has 0 aromatic carbocycles. The Balaban J connectivity index is 1.35. The summed E-state index contributed by atoms with van der Waals surface area (Å²) >= 11 is 4.11. The van der Waals surface area contributed by atoms with E-state index < -0.39 is 35.5 Å². The van der Waals surface area contributed by atoms with Gasteiger partial charge in [0, 0.05) is 17.2 Å². The summed E-state index contributed by atoms with van der Waals surface area (Å²) in [5.74, 6) is 2.30. The zero-order chi connectivity index (χ0) is 30.9. The van der Waals surface area contributed by atoms with Gasteiger partial charge in [-0.25, -0.2) is 0 Å². The Labute approximate surface area is 255 Å². The number of fused-ring (bicyclic) bond motifs is 5. The Kier molecular flexibility index (Phi) is 9.73. The van der Waals surface area contributed by atoms with Crippen LogP contribution in [0.1, 0.15) is 85.5 Å². The van der Waals surface area contributed by atoms with Gasteiger partial charge < -0.3 is 25.7 Å². The van der Waals surface area contributed by atoms with Crippen LogP contribution in [-0.4, -0.2) is 63.8 Å². The standard InChI is InChI=1S/C32H47N3O6S/c1-6-32(40)14-11-25-23-8-7-20-15-21(9-12-30(20,4)24(23)10-13-31(25,32)5)35-41-17-26(36)34-28(19(2)3)29(39)33-22(18-42)16-27(37)38/h1,15,19,22-25,28,40,42H,7-14,16-18H2,2-5H3,(H,33,39)(H,34,36)(H,37,38)/b35-21-/t22-,23-,24-,25-,28+,30+,31+,32-/m1/s1. The molecule has 0 aliphatic heterocycles. The van der Waals surface area contributed by atoms with Gasteiger partial charge in [-0.15, -0.1) is 6.42 Å². The number of allylic oxidation sites excluding steroid dienone is 2. The summed E-state index contributed by atoms with van der Waals surface area (Å²) in [5, 5.41) is 29.9. The van der Waals surface area contributed by atoms with E-state index in [1.54, 1.807) is 13.8 Å². The number of hydrogen-bond donors (Lipinski definition) is 5. The van der Waals surface area contributed by atoms with Gasteiger partial charge in [-0.1, -0.05) is 44.3 Å². The van der Waals surface area contributed by atoms with Gasteiger partial charge in [0.1, 0.15) is 11.6 Å². The lowest BCUT2D eigenvalue weighted by Gasteiger charge is -2.58. The molecule has 4 rings (SSSR count). The molecule has 2 amide bonds. The fraction of sp³-hybridized carbons (Fsp3) is 0.750. The van der Waals surface area contributed by atoms with E-state index in [9.17, 15) is 19.5 Å². The van der Waals surface area contributed by atoms with Crippen molar-refractivity contribution in [3.05, 3.63) is 11.6 Å². The number of carbonyl (C=O) groups excluding carboxylic acids is 2. The van der Waals surface area contributed by atoms with Crippen molar-refractivity contribution < 1.29 is 29.4 Å². The first-order chi connectivity index (χ1) is 19.8. The zero-order valence-corrected chi connectivity index (χ0v) is 26.2. The number of carboxylic acids is 1. The van der Waals surface area contributed by atoms with Gasteiger partial charge in [0.25, 0.3) is 5.91 Å². The van der Waals surface area contributed by atoms with Gasteiger partial charge in [0.15, 0.2) is 6.61 Å². The maximum absolute atomic E-state index is 12.7. The van der Waals surface area contributed by atoms with Crippen LogP contribution in [0.3, 0.4) is 0 Å². The minimum atomic E-state index is -1.04. The molecule has 10 heteroatoms. The molecule has 3 fully saturated rings. The molecule has 4 aliphatic carbocycles. The SMILES string of the molecule is C#C[C@@]1(O)CC[C@@H]2[C@@H]3CCC4=C/C(=N\OCC(=O)N[C@H](C(=O)N[C@@H](CS)CC(=O)O)C(C)C)CC[C@]4(C)[C@@H]3CC[C@@]21C. The van der Waals surface area contributed by atoms with E-state index in [1.807, 2.05) is 0 Å². The molecule has 42 heavy (non-hydrogen) atoms. The minimum Gasteiger partial charge on any atom is -0.481 e. The molecule has 0 aromatic heterocycles. The van der Waals surface area contributed by atoms with Crippen LogP contribution in [-0.2, 0) is 19.2 Å². The molecule has 0 saturated heterocycles. The number of carboxylic acid groups (broad SMARTS) is 1. The zero-order valence-electron chi connectivity index (χ0n) is 25.3. The van der Waals surface area contributed by atoms with Crippen LogP contribution in [0.2, 0.25) is 0 Å². The van der Waals surface area contributed by atoms with Gasteiger partial charge >= 0.3 is 5.97 Å². The minimum absolute atomic E-state index is 0.0842. The number of nitrogens with zero attached hydrogens (tertiary/aromatic N) is 1. The second-order valence-corrected chi connectivity index (χ2v) is 14.0. The smallest absolute Gasteiger partial charge is 0.305 e. The molecule has 0 unspecified atom stereocenters. The number of hydrogen-bond acceptors (Lipinski definition) is 7. The van der Waals surface area contributed by atoms with Crippen molar-refractivity contribution in [2.45, 2.75) is 103 Å². The number of carbonyl (C=O) groups is 3. The Morgan fingerprint density at radius 1 is 1.14 bits per heavy atom. The van der Waals surface area contributed by atoms with Crippen LogP contribution < -0.4 is 10.6 Å². The van der Waals surface area contributed by atoms with Gasteiger partial charge in [0.05, 0.1) is 12.1 Å². The third-order valence-corrected chi connectivity index (χ3v) is 11.4. The molecule has 232 valence electrons. The van der Waals surface area contributed by atoms with E-state index in [1.165, 1.54) is 5.57 Å². The Bertz CT molecular complexity index is 1180. The lowest BCUT2D eigenvalue weighted by Crippen LogP contribution is -2.54. The van der Waals surface area contributed by atoms with Crippen molar-refractivity contribution in [1.29, 1.82) is 0 Å². The first kappa shape index (κ1) is 32.4. The molecule has 3 saturated carbocycles. The first-order valence-corrected chi connectivity index (χ1v) is 15.9. The Hall–Kier alpha value is -2.51. The number of oxime groups is 1. The first-order valence-electron chi connectivity index (χ1n) is 15.3. The number of aliphatic carboxylic acids is 1. The number of thiol groups is 1. The maximum atomic E-state index is 12.7. The number of rotatable bonds is 10. The third kappa shape index (κ3) is 6.10. The fourth-order valence-corrected chi connectivity index (χ4v) is 8.70. The summed E-state index contributed by atoms with van der Waals surface area (Å²) in [6.07, 6.45) is 15.2. The average Bonchev–Trinajstić information content (AvgIpc) is 3.21. The van der Waals surface area contributed by atoms with Crippen molar-refractivity contribution in [3.63, 3.8) is 0 Å². The van der Waals surface area contributed by atoms with Gasteiger partial charge in [-0.05, 0) is 86.5 Å². The highest BCUT2D eigenvalue weighted by Gasteiger charge is 2.63. The maximum Gasteiger partial charge on any atom is 0.305 e. The normalized spacial score (nSPS) is 36.0. The van der Waals surface area contributed by atoms with E-state index in [2.05, 4.69) is 54.3 Å². The van der Waals surface area contributed by atoms with Gasteiger partial charge in [-0.2, -0.15) is 12.6 Å². The molecule has 0 aromatic rings. The molecule has 4 aliphatic rings. The van der Waals surface area contributed by atoms with Crippen LogP contribution in [0.15, 0.2) is 16.8 Å². The average molecular weight is 602 g/mol. The topological polar surface area (TPSA) is 137 Å². The van der Waals surface area contributed by atoms with Crippen molar-refractivity contribution in [1.82, 2.24) is 10.6 Å². The molecular formula is C32H47N3O6S. The van der Waals surface area contributed by atoms with Crippen molar-refractivity contribution in [3.8, 4) is 12.3 Å². The predicted molar refractivity (Wildman–Crippen MR) is 164 cm³/mol. The molecule has 0 radical (unpaired) electrons. The summed E-state index contributed by atoms with van der Waals surface area (Å²) < 4.78 is 0. The largest absolute Gasteiger partial charge is 0.481 e. The number of terminal acetylenes is 1. The van der Waals surface area contributed by atoms with E-state index in [4.69, 9.17) is 16.4 Å². The van der Waals surface area contributed by atoms with Crippen molar-refractivity contribution >= 4 is 36.1 Å². The van der Waals surface area contributed by atoms with E-state index >= 15 is 0 Å². The monoisotopic (exact) mass is 601 g/mol. The summed E-state index contributed by atoms with van der Waals surface area (Å²) in [5.41, 5.74) is 1.09. The number of aliphatic hydroxyl groups is 1. The Morgan fingerprint density at radius 2 is 1.86 bits per heavy atom. The van der Waals surface area contributed by atoms with E-state index in [0.717, 1.165) is 50.7 Å². The molecule has 0 spiro atoms. The van der Waals surface area contributed by atoms with Crippen LogP contribution in [0.25, 0.3) is 0 Å². The summed E-state index contributed by atoms with van der Waals surface area (Å²) in [6, 6.07) is -1.48. The van der Waals surface area contributed by atoms with Crippen molar-refractivity contribution in [2.75, 3.05) is 12.4 Å². The van der Waals surface area contributed by atoms with Crippen LogP contribution in [0, 0.1) is 46.8 Å². The van der Waals surface area contributed by atoms with Gasteiger partial charge in [0.2, 0.25) is 5.91 Å². The lowest BCUT2D eigenvalue weighted by molar-refractivity contribution is -0.138. The molecular weight excluding hydrogens is 554 g/mol. The second kappa shape index (κ2) is 12.6. The summed E-state index contributed by atoms with van der Waals surface area (Å²) in [6.45, 7) is 7.87. The molecule has 4 N–H and O–H groups in total. The predicted octanol–water partition coefficient (Wildman–Crippen LogP) is 3.72. The van der Waals surface area contributed by atoms with Crippen LogP contribution in [0.4, 0.5) is 0 Å². The van der Waals surface area contributed by atoms with Crippen molar-refractivity contribution in [2.24, 2.45) is 39.7 Å². The highest BCUT2D eigenvalue weighted by Crippen LogP contribution is 2.67. The Morgan fingerprint density at radius 3 is 2.50 bits per heavy atom. The third-order valence-electron chi connectivity index (χ3n) is 11.0. The van der Waals surface area contributed by atoms with Gasteiger partial charge in [-0.3, -0.25) is 14.4 Å². The quantitative estimate of drug-likeness (QED) is 0.147. The highest BCUT2D eigenvalue weighted by atomic mass is 32.1. The highest BCUT2D eigenvalue weighted by molar-refractivity contribution is 7.80. The molecule has 0 bridgehead atoms. The van der Waals surface area contributed by atoms with Crippen LogP contribution >= 0.6 is 12.6 Å². The fourth-order valence-electron chi connectivity index (χ4n) is 8.48. The van der Waals surface area contributed by atoms with Crippen LogP contribution in [0.5, 0.6) is 0 Å². The molecule has 0 heterocycles.